The number of pyridine rings is 1. The van der Waals surface area contributed by atoms with Crippen molar-refractivity contribution in [3.8, 4) is 0 Å². The summed E-state index contributed by atoms with van der Waals surface area (Å²) in [5.41, 5.74) is 1.01. The minimum Gasteiger partial charge on any atom is -0.396 e. The number of halogens is 1. The first-order valence-electron chi connectivity index (χ1n) is 7.09. The number of aryl methyl sites for hydroxylation is 1. The summed E-state index contributed by atoms with van der Waals surface area (Å²) in [6.45, 7) is 1.24. The SMILES string of the molecule is O=C(NCc1cn(CCCCCO)nn1)c1cccnc1Cl. The summed E-state index contributed by atoms with van der Waals surface area (Å²) in [6.07, 6.45) is 6.00. The predicted octanol–water partition coefficient (Wildman–Crippen LogP) is 1.42. The highest BCUT2D eigenvalue weighted by Crippen LogP contribution is 2.11. The van der Waals surface area contributed by atoms with Crippen LogP contribution in [0.5, 0.6) is 0 Å². The maximum absolute atomic E-state index is 12.0. The Hall–Kier alpha value is -1.99. The van der Waals surface area contributed by atoms with Crippen molar-refractivity contribution in [2.75, 3.05) is 6.61 Å². The van der Waals surface area contributed by atoms with Gasteiger partial charge in [-0.05, 0) is 31.4 Å². The number of unbranched alkanes of at least 4 members (excludes halogenated alkanes) is 2. The standard InChI is InChI=1S/C14H18ClN5O2/c15-13-12(5-4-6-16-13)14(22)17-9-11-10-20(19-18-11)7-2-1-3-8-21/h4-6,10,21H,1-3,7-9H2,(H,17,22). The molecule has 0 unspecified atom stereocenters. The van der Waals surface area contributed by atoms with Gasteiger partial charge in [0.05, 0.1) is 18.3 Å². The van der Waals surface area contributed by atoms with E-state index in [2.05, 4.69) is 20.6 Å². The lowest BCUT2D eigenvalue weighted by Gasteiger charge is -2.03. The van der Waals surface area contributed by atoms with Gasteiger partial charge in [-0.15, -0.1) is 5.10 Å². The third kappa shape index (κ3) is 4.78. The van der Waals surface area contributed by atoms with Crippen LogP contribution < -0.4 is 5.32 Å². The van der Waals surface area contributed by atoms with E-state index in [-0.39, 0.29) is 24.2 Å². The Kier molecular flexibility index (Phi) is 6.29. The van der Waals surface area contributed by atoms with Crippen LogP contribution in [0.1, 0.15) is 35.3 Å². The Morgan fingerprint density at radius 3 is 3.00 bits per heavy atom. The van der Waals surface area contributed by atoms with Crippen LogP contribution in [0.25, 0.3) is 0 Å². The first kappa shape index (κ1) is 16.4. The first-order valence-corrected chi connectivity index (χ1v) is 7.47. The van der Waals surface area contributed by atoms with Gasteiger partial charge in [-0.2, -0.15) is 0 Å². The number of aromatic nitrogens is 4. The van der Waals surface area contributed by atoms with Crippen molar-refractivity contribution in [2.24, 2.45) is 0 Å². The second-order valence-corrected chi connectivity index (χ2v) is 5.14. The molecule has 0 bridgehead atoms. The Balaban J connectivity index is 1.81. The number of aliphatic hydroxyl groups is 1. The topological polar surface area (TPSA) is 92.9 Å². The highest BCUT2D eigenvalue weighted by atomic mass is 35.5. The summed E-state index contributed by atoms with van der Waals surface area (Å²) in [5.74, 6) is -0.296. The lowest BCUT2D eigenvalue weighted by molar-refractivity contribution is 0.0950. The van der Waals surface area contributed by atoms with Gasteiger partial charge < -0.3 is 10.4 Å². The number of carbonyl (C=O) groups excluding carboxylic acids is 1. The zero-order valence-electron chi connectivity index (χ0n) is 12.1. The first-order chi connectivity index (χ1) is 10.7. The van der Waals surface area contributed by atoms with Gasteiger partial charge in [-0.1, -0.05) is 16.8 Å². The van der Waals surface area contributed by atoms with Crippen molar-refractivity contribution in [1.29, 1.82) is 0 Å². The average molecular weight is 324 g/mol. The highest BCUT2D eigenvalue weighted by Gasteiger charge is 2.11. The van der Waals surface area contributed by atoms with E-state index in [1.54, 1.807) is 23.0 Å². The number of rotatable bonds is 8. The summed E-state index contributed by atoms with van der Waals surface area (Å²) in [7, 11) is 0. The quantitative estimate of drug-likeness (QED) is 0.566. The molecule has 0 fully saturated rings. The van der Waals surface area contributed by atoms with E-state index >= 15 is 0 Å². The molecule has 7 nitrogen and oxygen atoms in total. The van der Waals surface area contributed by atoms with E-state index in [1.807, 2.05) is 0 Å². The number of hydrogen-bond donors (Lipinski definition) is 2. The van der Waals surface area contributed by atoms with Gasteiger partial charge in [0.2, 0.25) is 0 Å². The minimum absolute atomic E-state index is 0.174. The van der Waals surface area contributed by atoms with Crippen LogP contribution in [0.3, 0.4) is 0 Å². The van der Waals surface area contributed by atoms with E-state index < -0.39 is 0 Å². The van der Waals surface area contributed by atoms with Crippen molar-refractivity contribution in [3.63, 3.8) is 0 Å². The molecule has 0 aliphatic rings. The van der Waals surface area contributed by atoms with Crippen molar-refractivity contribution in [1.82, 2.24) is 25.3 Å². The largest absolute Gasteiger partial charge is 0.396 e. The molecule has 0 radical (unpaired) electrons. The summed E-state index contributed by atoms with van der Waals surface area (Å²) in [4.78, 5) is 15.8. The van der Waals surface area contributed by atoms with Crippen LogP contribution in [0.15, 0.2) is 24.5 Å². The van der Waals surface area contributed by atoms with Crippen molar-refractivity contribution in [2.45, 2.75) is 32.4 Å². The second-order valence-electron chi connectivity index (χ2n) is 4.78. The van der Waals surface area contributed by atoms with Crippen LogP contribution in [0.4, 0.5) is 0 Å². The molecule has 2 aromatic rings. The van der Waals surface area contributed by atoms with Crippen LogP contribution in [-0.2, 0) is 13.1 Å². The Morgan fingerprint density at radius 2 is 2.23 bits per heavy atom. The molecule has 0 spiro atoms. The molecule has 0 aliphatic carbocycles. The molecule has 1 amide bonds. The van der Waals surface area contributed by atoms with E-state index in [0.717, 1.165) is 25.8 Å². The number of amides is 1. The molecular formula is C14H18ClN5O2. The predicted molar refractivity (Wildman–Crippen MR) is 81.4 cm³/mol. The Morgan fingerprint density at radius 1 is 1.36 bits per heavy atom. The smallest absolute Gasteiger partial charge is 0.254 e. The van der Waals surface area contributed by atoms with Gasteiger partial charge >= 0.3 is 0 Å². The molecule has 2 N–H and O–H groups in total. The molecule has 2 heterocycles. The molecule has 22 heavy (non-hydrogen) atoms. The van der Waals surface area contributed by atoms with E-state index in [9.17, 15) is 4.79 Å². The second kappa shape index (κ2) is 8.45. The van der Waals surface area contributed by atoms with Gasteiger partial charge in [0.15, 0.2) is 0 Å². The number of aliphatic hydroxyl groups excluding tert-OH is 1. The fraction of sp³-hybridized carbons (Fsp3) is 0.429. The third-order valence-corrected chi connectivity index (χ3v) is 3.37. The fourth-order valence-electron chi connectivity index (χ4n) is 1.91. The Labute approximate surface area is 133 Å². The lowest BCUT2D eigenvalue weighted by atomic mass is 10.2. The van der Waals surface area contributed by atoms with Gasteiger partial charge in [0.1, 0.15) is 10.8 Å². The zero-order valence-corrected chi connectivity index (χ0v) is 12.8. The van der Waals surface area contributed by atoms with E-state index in [0.29, 0.717) is 11.3 Å². The van der Waals surface area contributed by atoms with E-state index in [4.69, 9.17) is 16.7 Å². The highest BCUT2D eigenvalue weighted by molar-refractivity contribution is 6.32. The van der Waals surface area contributed by atoms with Crippen LogP contribution in [0, 0.1) is 0 Å². The monoisotopic (exact) mass is 323 g/mol. The summed E-state index contributed by atoms with van der Waals surface area (Å²) < 4.78 is 1.73. The maximum atomic E-state index is 12.0. The van der Waals surface area contributed by atoms with Crippen LogP contribution in [0.2, 0.25) is 5.15 Å². The Bertz CT molecular complexity index is 617. The number of hydrogen-bond acceptors (Lipinski definition) is 5. The summed E-state index contributed by atoms with van der Waals surface area (Å²) in [5, 5.41) is 19.6. The molecular weight excluding hydrogens is 306 g/mol. The molecule has 0 saturated carbocycles. The normalized spacial score (nSPS) is 10.6. The fourth-order valence-corrected chi connectivity index (χ4v) is 2.12. The maximum Gasteiger partial charge on any atom is 0.254 e. The molecule has 0 aromatic carbocycles. The molecule has 2 aromatic heterocycles. The van der Waals surface area contributed by atoms with E-state index in [1.165, 1.54) is 6.20 Å². The van der Waals surface area contributed by atoms with Crippen molar-refractivity contribution < 1.29 is 9.90 Å². The van der Waals surface area contributed by atoms with Crippen LogP contribution >= 0.6 is 11.6 Å². The number of nitrogens with one attached hydrogen (secondary N) is 1. The molecule has 0 aliphatic heterocycles. The van der Waals surface area contributed by atoms with Crippen molar-refractivity contribution >= 4 is 17.5 Å². The molecule has 0 saturated heterocycles. The number of carbonyl (C=O) groups is 1. The molecule has 0 atom stereocenters. The lowest BCUT2D eigenvalue weighted by Crippen LogP contribution is -2.23. The van der Waals surface area contributed by atoms with Gasteiger partial charge in [0.25, 0.3) is 5.91 Å². The average Bonchev–Trinajstić information content (AvgIpc) is 2.97. The summed E-state index contributed by atoms with van der Waals surface area (Å²) >= 11 is 5.87. The molecule has 118 valence electrons. The van der Waals surface area contributed by atoms with Gasteiger partial charge in [-0.25, -0.2) is 4.98 Å². The zero-order chi connectivity index (χ0) is 15.8. The van der Waals surface area contributed by atoms with Crippen LogP contribution in [-0.4, -0.2) is 37.6 Å². The van der Waals surface area contributed by atoms with Gasteiger partial charge in [-0.3, -0.25) is 9.48 Å². The molecule has 2 rings (SSSR count). The summed E-state index contributed by atoms with van der Waals surface area (Å²) in [6, 6.07) is 3.27. The number of nitrogens with zero attached hydrogens (tertiary/aromatic N) is 4. The van der Waals surface area contributed by atoms with Gasteiger partial charge in [0, 0.05) is 19.3 Å². The van der Waals surface area contributed by atoms with Crippen molar-refractivity contribution in [3.05, 3.63) is 40.9 Å². The third-order valence-electron chi connectivity index (χ3n) is 3.07. The molecule has 8 heteroatoms. The minimum atomic E-state index is -0.296.